The van der Waals surface area contributed by atoms with E-state index in [9.17, 15) is 14.4 Å². The van der Waals surface area contributed by atoms with E-state index in [1.165, 1.54) is 0 Å². The Morgan fingerprint density at radius 3 is 2.84 bits per heavy atom. The third-order valence-corrected chi connectivity index (χ3v) is 4.63. The van der Waals surface area contributed by atoms with Crippen LogP contribution in [0.2, 0.25) is 5.02 Å². The standard InChI is InChI=1S/C18H18ClN3O3/c1-3-12-9(2)16(11-8-10(19)4-5-13(11)20-12)18(25)21-14-6-7-15(23)22-17(14)24/h4-5,8,14H,3,6-7H2,1-2H3,(H,21,25)(H,22,23,24). The van der Waals surface area contributed by atoms with Crippen molar-refractivity contribution in [2.24, 2.45) is 0 Å². The second-order valence-corrected chi connectivity index (χ2v) is 6.49. The molecule has 3 amide bonds. The number of carbonyl (C=O) groups excluding carboxylic acids is 3. The topological polar surface area (TPSA) is 88.2 Å². The van der Waals surface area contributed by atoms with Gasteiger partial charge in [-0.15, -0.1) is 0 Å². The van der Waals surface area contributed by atoms with Crippen molar-refractivity contribution in [3.05, 3.63) is 40.0 Å². The normalized spacial score (nSPS) is 17.5. The molecular formula is C18H18ClN3O3. The van der Waals surface area contributed by atoms with Crippen molar-refractivity contribution < 1.29 is 14.4 Å². The summed E-state index contributed by atoms with van der Waals surface area (Å²) in [6.45, 7) is 3.81. The van der Waals surface area contributed by atoms with Crippen molar-refractivity contribution >= 4 is 40.2 Å². The second-order valence-electron chi connectivity index (χ2n) is 6.05. The second kappa shape index (κ2) is 6.80. The molecule has 1 atom stereocenters. The number of amides is 3. The lowest BCUT2D eigenvalue weighted by Crippen LogP contribution is -2.52. The van der Waals surface area contributed by atoms with Crippen LogP contribution in [0.15, 0.2) is 18.2 Å². The summed E-state index contributed by atoms with van der Waals surface area (Å²) in [4.78, 5) is 40.7. The Morgan fingerprint density at radius 2 is 2.16 bits per heavy atom. The number of aryl methyl sites for hydroxylation is 1. The van der Waals surface area contributed by atoms with Gasteiger partial charge in [0.2, 0.25) is 11.8 Å². The number of rotatable bonds is 3. The van der Waals surface area contributed by atoms with Gasteiger partial charge in [0.05, 0.1) is 11.1 Å². The molecule has 0 radical (unpaired) electrons. The van der Waals surface area contributed by atoms with Gasteiger partial charge in [-0.1, -0.05) is 18.5 Å². The van der Waals surface area contributed by atoms with Crippen LogP contribution in [-0.4, -0.2) is 28.7 Å². The number of fused-ring (bicyclic) bond motifs is 1. The van der Waals surface area contributed by atoms with Crippen LogP contribution in [0.1, 0.15) is 41.4 Å². The van der Waals surface area contributed by atoms with Crippen LogP contribution in [0, 0.1) is 6.92 Å². The number of aromatic nitrogens is 1. The fraction of sp³-hybridized carbons (Fsp3) is 0.333. The molecule has 0 bridgehead atoms. The van der Waals surface area contributed by atoms with Crippen LogP contribution in [-0.2, 0) is 16.0 Å². The maximum absolute atomic E-state index is 12.9. The first kappa shape index (κ1) is 17.4. The van der Waals surface area contributed by atoms with Crippen molar-refractivity contribution in [3.8, 4) is 0 Å². The van der Waals surface area contributed by atoms with E-state index in [-0.39, 0.29) is 18.2 Å². The first-order valence-corrected chi connectivity index (χ1v) is 8.51. The Kier molecular flexibility index (Phi) is 4.72. The Bertz CT molecular complexity index is 895. The minimum Gasteiger partial charge on any atom is -0.340 e. The molecule has 2 heterocycles. The maximum Gasteiger partial charge on any atom is 0.252 e. The average molecular weight is 360 g/mol. The van der Waals surface area contributed by atoms with E-state index < -0.39 is 11.9 Å². The molecule has 1 saturated heterocycles. The molecule has 7 heteroatoms. The predicted octanol–water partition coefficient (Wildman–Crippen LogP) is 2.29. The molecule has 130 valence electrons. The number of imide groups is 1. The number of carbonyl (C=O) groups is 3. The lowest BCUT2D eigenvalue weighted by molar-refractivity contribution is -0.134. The summed E-state index contributed by atoms with van der Waals surface area (Å²) >= 11 is 6.09. The highest BCUT2D eigenvalue weighted by Gasteiger charge is 2.29. The first-order chi connectivity index (χ1) is 11.9. The van der Waals surface area contributed by atoms with Crippen LogP contribution < -0.4 is 10.6 Å². The summed E-state index contributed by atoms with van der Waals surface area (Å²) < 4.78 is 0. The van der Waals surface area contributed by atoms with Gasteiger partial charge >= 0.3 is 0 Å². The number of hydrogen-bond donors (Lipinski definition) is 2. The summed E-state index contributed by atoms with van der Waals surface area (Å²) in [5.74, 6) is -1.16. The molecule has 0 spiro atoms. The SMILES string of the molecule is CCc1nc2ccc(Cl)cc2c(C(=O)NC2CCC(=O)NC2=O)c1C. The molecule has 1 aromatic carbocycles. The smallest absolute Gasteiger partial charge is 0.252 e. The molecule has 2 aromatic rings. The minimum atomic E-state index is -0.725. The molecule has 3 rings (SSSR count). The third-order valence-electron chi connectivity index (χ3n) is 4.40. The number of pyridine rings is 1. The van der Waals surface area contributed by atoms with Crippen LogP contribution >= 0.6 is 11.6 Å². The highest BCUT2D eigenvalue weighted by molar-refractivity contribution is 6.31. The van der Waals surface area contributed by atoms with Gasteiger partial charge in [0.25, 0.3) is 5.91 Å². The number of nitrogens with zero attached hydrogens (tertiary/aromatic N) is 1. The van der Waals surface area contributed by atoms with Crippen molar-refractivity contribution in [1.82, 2.24) is 15.6 Å². The number of hydrogen-bond acceptors (Lipinski definition) is 4. The predicted molar refractivity (Wildman–Crippen MR) is 94.5 cm³/mol. The fourth-order valence-corrected chi connectivity index (χ4v) is 3.25. The van der Waals surface area contributed by atoms with E-state index in [1.807, 2.05) is 13.8 Å². The number of halogens is 1. The van der Waals surface area contributed by atoms with E-state index in [2.05, 4.69) is 15.6 Å². The lowest BCUT2D eigenvalue weighted by Gasteiger charge is -2.23. The summed E-state index contributed by atoms with van der Waals surface area (Å²) in [7, 11) is 0. The molecule has 1 aliphatic rings. The van der Waals surface area contributed by atoms with Crippen molar-refractivity contribution in [1.29, 1.82) is 0 Å². The van der Waals surface area contributed by atoms with Crippen molar-refractivity contribution in [3.63, 3.8) is 0 Å². The van der Waals surface area contributed by atoms with Crippen molar-refractivity contribution in [2.75, 3.05) is 0 Å². The molecule has 1 aliphatic heterocycles. The van der Waals surface area contributed by atoms with Crippen LogP contribution in [0.25, 0.3) is 10.9 Å². The zero-order chi connectivity index (χ0) is 18.1. The van der Waals surface area contributed by atoms with Gasteiger partial charge in [0, 0.05) is 22.5 Å². The Balaban J connectivity index is 2.02. The van der Waals surface area contributed by atoms with Gasteiger partial charge in [-0.05, 0) is 43.5 Å². The van der Waals surface area contributed by atoms with Gasteiger partial charge in [-0.3, -0.25) is 24.7 Å². The molecule has 0 saturated carbocycles. The van der Waals surface area contributed by atoms with Crippen molar-refractivity contribution in [2.45, 2.75) is 39.2 Å². The van der Waals surface area contributed by atoms with E-state index in [0.29, 0.717) is 34.3 Å². The summed E-state index contributed by atoms with van der Waals surface area (Å²) in [6.07, 6.45) is 1.18. The van der Waals surface area contributed by atoms with E-state index in [4.69, 9.17) is 11.6 Å². The van der Waals surface area contributed by atoms with Crippen LogP contribution in [0.4, 0.5) is 0 Å². The maximum atomic E-state index is 12.9. The minimum absolute atomic E-state index is 0.207. The largest absolute Gasteiger partial charge is 0.340 e. The molecule has 6 nitrogen and oxygen atoms in total. The summed E-state index contributed by atoms with van der Waals surface area (Å²) in [5, 5.41) is 6.13. The van der Waals surface area contributed by atoms with Gasteiger partial charge in [-0.2, -0.15) is 0 Å². The molecule has 1 fully saturated rings. The molecule has 0 aliphatic carbocycles. The Morgan fingerprint density at radius 1 is 1.40 bits per heavy atom. The van der Waals surface area contributed by atoms with Crippen LogP contribution in [0.5, 0.6) is 0 Å². The highest BCUT2D eigenvalue weighted by atomic mass is 35.5. The van der Waals surface area contributed by atoms with E-state index in [1.54, 1.807) is 18.2 Å². The Hall–Kier alpha value is -2.47. The van der Waals surface area contributed by atoms with Gasteiger partial charge in [0.1, 0.15) is 6.04 Å². The zero-order valence-corrected chi connectivity index (χ0v) is 14.7. The molecule has 25 heavy (non-hydrogen) atoms. The fourth-order valence-electron chi connectivity index (χ4n) is 3.08. The first-order valence-electron chi connectivity index (χ1n) is 8.14. The van der Waals surface area contributed by atoms with E-state index in [0.717, 1.165) is 11.3 Å². The quantitative estimate of drug-likeness (QED) is 0.823. The molecule has 1 unspecified atom stereocenters. The summed E-state index contributed by atoms with van der Waals surface area (Å²) in [5.41, 5.74) is 2.74. The summed E-state index contributed by atoms with van der Waals surface area (Å²) in [6, 6.07) is 4.49. The zero-order valence-electron chi connectivity index (χ0n) is 14.0. The monoisotopic (exact) mass is 359 g/mol. The third kappa shape index (κ3) is 3.35. The molecular weight excluding hydrogens is 342 g/mol. The van der Waals surface area contributed by atoms with Gasteiger partial charge in [0.15, 0.2) is 0 Å². The number of piperidine rings is 1. The van der Waals surface area contributed by atoms with Gasteiger partial charge in [-0.25, -0.2) is 0 Å². The molecule has 1 aromatic heterocycles. The molecule has 2 N–H and O–H groups in total. The highest BCUT2D eigenvalue weighted by Crippen LogP contribution is 2.26. The van der Waals surface area contributed by atoms with E-state index >= 15 is 0 Å². The van der Waals surface area contributed by atoms with Crippen LogP contribution in [0.3, 0.4) is 0 Å². The van der Waals surface area contributed by atoms with Gasteiger partial charge < -0.3 is 5.32 Å². The average Bonchev–Trinajstić information content (AvgIpc) is 2.56. The number of nitrogens with one attached hydrogen (secondary N) is 2. The lowest BCUT2D eigenvalue weighted by atomic mass is 9.98. The Labute approximate surface area is 149 Å². The number of benzene rings is 1.